The molecule has 0 aromatic carbocycles. The van der Waals surface area contributed by atoms with Crippen LogP contribution in [-0.4, -0.2) is 30.1 Å². The fraction of sp³-hybridized carbons (Fsp3) is 0.900. The van der Waals surface area contributed by atoms with Gasteiger partial charge in [-0.3, -0.25) is 0 Å². The Morgan fingerprint density at radius 1 is 1.57 bits per heavy atom. The Bertz CT molecular complexity index is 183. The van der Waals surface area contributed by atoms with Gasteiger partial charge in [-0.1, -0.05) is 0 Å². The van der Waals surface area contributed by atoms with Crippen molar-refractivity contribution >= 4 is 17.8 Å². The number of thioether (sulfide) groups is 1. The molecule has 2 amide bonds. The Morgan fingerprint density at radius 2 is 2.29 bits per heavy atom. The van der Waals surface area contributed by atoms with Gasteiger partial charge in [-0.15, -0.1) is 0 Å². The van der Waals surface area contributed by atoms with Gasteiger partial charge in [0.25, 0.3) is 0 Å². The van der Waals surface area contributed by atoms with Crippen LogP contribution in [0.1, 0.15) is 32.6 Å². The van der Waals surface area contributed by atoms with E-state index in [-0.39, 0.29) is 12.1 Å². The van der Waals surface area contributed by atoms with Crippen molar-refractivity contribution in [1.29, 1.82) is 0 Å². The molecule has 1 saturated carbocycles. The number of rotatable bonds is 5. The van der Waals surface area contributed by atoms with Crippen molar-refractivity contribution in [3.05, 3.63) is 0 Å². The summed E-state index contributed by atoms with van der Waals surface area (Å²) < 4.78 is 0. The summed E-state index contributed by atoms with van der Waals surface area (Å²) in [6.45, 7) is 2.05. The van der Waals surface area contributed by atoms with Crippen LogP contribution in [0.15, 0.2) is 0 Å². The van der Waals surface area contributed by atoms with Crippen molar-refractivity contribution in [2.75, 3.05) is 12.0 Å². The number of carbonyl (C=O) groups excluding carboxylic acids is 1. The van der Waals surface area contributed by atoms with Crippen molar-refractivity contribution in [1.82, 2.24) is 10.6 Å². The van der Waals surface area contributed by atoms with Gasteiger partial charge >= 0.3 is 6.03 Å². The van der Waals surface area contributed by atoms with Gasteiger partial charge in [-0.2, -0.15) is 11.8 Å². The molecule has 3 nitrogen and oxygen atoms in total. The smallest absolute Gasteiger partial charge is 0.315 e. The van der Waals surface area contributed by atoms with Crippen molar-refractivity contribution in [3.63, 3.8) is 0 Å². The fourth-order valence-corrected chi connectivity index (χ4v) is 1.96. The van der Waals surface area contributed by atoms with Crippen molar-refractivity contribution in [3.8, 4) is 0 Å². The van der Waals surface area contributed by atoms with Gasteiger partial charge < -0.3 is 10.6 Å². The van der Waals surface area contributed by atoms with Crippen LogP contribution in [0.3, 0.4) is 0 Å². The Hall–Kier alpha value is -0.380. The van der Waals surface area contributed by atoms with E-state index in [1.165, 1.54) is 6.42 Å². The molecule has 0 aromatic rings. The van der Waals surface area contributed by atoms with Crippen LogP contribution in [0, 0.1) is 0 Å². The molecule has 0 saturated heterocycles. The van der Waals surface area contributed by atoms with Gasteiger partial charge in [0.1, 0.15) is 0 Å². The molecule has 4 heteroatoms. The van der Waals surface area contributed by atoms with Crippen LogP contribution in [0.5, 0.6) is 0 Å². The first-order chi connectivity index (χ1) is 6.72. The maximum Gasteiger partial charge on any atom is 0.315 e. The SMILES string of the molecule is CSCC[C@@H](C)NC(=O)NC1CCC1. The third-order valence-corrected chi connectivity index (χ3v) is 3.22. The molecule has 0 aromatic heterocycles. The fourth-order valence-electron chi connectivity index (χ4n) is 1.37. The zero-order chi connectivity index (χ0) is 10.4. The van der Waals surface area contributed by atoms with Gasteiger partial charge in [0.05, 0.1) is 0 Å². The third kappa shape index (κ3) is 4.22. The minimum absolute atomic E-state index is 0.00306. The molecule has 1 aliphatic rings. The zero-order valence-corrected chi connectivity index (χ0v) is 9.82. The third-order valence-electron chi connectivity index (χ3n) is 2.57. The molecule has 1 rings (SSSR count). The Morgan fingerprint density at radius 3 is 2.79 bits per heavy atom. The molecule has 0 spiro atoms. The highest BCUT2D eigenvalue weighted by molar-refractivity contribution is 7.98. The van der Waals surface area contributed by atoms with Crippen molar-refractivity contribution in [2.45, 2.75) is 44.7 Å². The molecule has 0 radical (unpaired) electrons. The van der Waals surface area contributed by atoms with Gasteiger partial charge in [0, 0.05) is 12.1 Å². The lowest BCUT2D eigenvalue weighted by molar-refractivity contribution is 0.225. The second-order valence-corrected chi connectivity index (χ2v) is 4.91. The predicted molar refractivity (Wildman–Crippen MR) is 61.8 cm³/mol. The summed E-state index contributed by atoms with van der Waals surface area (Å²) in [4.78, 5) is 11.4. The summed E-state index contributed by atoms with van der Waals surface area (Å²) >= 11 is 1.81. The quantitative estimate of drug-likeness (QED) is 0.738. The number of carbonyl (C=O) groups is 1. The van der Waals surface area contributed by atoms with Gasteiger partial charge in [-0.05, 0) is 44.6 Å². The summed E-state index contributed by atoms with van der Waals surface area (Å²) in [5.41, 5.74) is 0. The summed E-state index contributed by atoms with van der Waals surface area (Å²) in [5.74, 6) is 1.10. The highest BCUT2D eigenvalue weighted by atomic mass is 32.2. The first-order valence-electron chi connectivity index (χ1n) is 5.28. The average Bonchev–Trinajstić information content (AvgIpc) is 2.08. The van der Waals surface area contributed by atoms with Crippen LogP contribution in [0.25, 0.3) is 0 Å². The second kappa shape index (κ2) is 6.17. The van der Waals surface area contributed by atoms with Crippen LogP contribution in [0.2, 0.25) is 0 Å². The number of nitrogens with one attached hydrogen (secondary N) is 2. The Labute approximate surface area is 90.4 Å². The Kier molecular flexibility index (Phi) is 5.15. The van der Waals surface area contributed by atoms with Gasteiger partial charge in [-0.25, -0.2) is 4.79 Å². The molecule has 14 heavy (non-hydrogen) atoms. The van der Waals surface area contributed by atoms with Gasteiger partial charge in [0.15, 0.2) is 0 Å². The van der Waals surface area contributed by atoms with Crippen LogP contribution in [0.4, 0.5) is 4.79 Å². The molecule has 0 unspecified atom stereocenters. The highest BCUT2D eigenvalue weighted by Gasteiger charge is 2.19. The lowest BCUT2D eigenvalue weighted by Gasteiger charge is -2.27. The molecule has 1 atom stereocenters. The molecule has 2 N–H and O–H groups in total. The molecule has 0 bridgehead atoms. The van der Waals surface area contributed by atoms with E-state index >= 15 is 0 Å². The first-order valence-corrected chi connectivity index (χ1v) is 6.67. The minimum atomic E-state index is 0.00306. The normalized spacial score (nSPS) is 18.4. The van der Waals surface area contributed by atoms with E-state index in [4.69, 9.17) is 0 Å². The summed E-state index contributed by atoms with van der Waals surface area (Å²) in [7, 11) is 0. The van der Waals surface area contributed by atoms with E-state index < -0.39 is 0 Å². The van der Waals surface area contributed by atoms with E-state index in [2.05, 4.69) is 23.8 Å². The summed E-state index contributed by atoms with van der Waals surface area (Å²) in [6, 6.07) is 0.716. The lowest BCUT2D eigenvalue weighted by Crippen LogP contribution is -2.47. The predicted octanol–water partition coefficient (Wildman–Crippen LogP) is 1.98. The van der Waals surface area contributed by atoms with Crippen LogP contribution in [-0.2, 0) is 0 Å². The largest absolute Gasteiger partial charge is 0.336 e. The standard InChI is InChI=1S/C10H20N2OS/c1-8(6-7-14-2)11-10(13)12-9-4-3-5-9/h8-9H,3-7H2,1-2H3,(H2,11,12,13)/t8-/m1/s1. The lowest BCUT2D eigenvalue weighted by atomic mass is 9.93. The Balaban J connectivity index is 2.05. The number of amides is 2. The molecule has 82 valence electrons. The molecule has 1 fully saturated rings. The van der Waals surface area contributed by atoms with Gasteiger partial charge in [0.2, 0.25) is 0 Å². The summed E-state index contributed by atoms with van der Waals surface area (Å²) in [6.07, 6.45) is 6.67. The minimum Gasteiger partial charge on any atom is -0.336 e. The van der Waals surface area contributed by atoms with E-state index in [1.54, 1.807) is 0 Å². The van der Waals surface area contributed by atoms with Crippen molar-refractivity contribution < 1.29 is 4.79 Å². The zero-order valence-electron chi connectivity index (χ0n) is 9.01. The second-order valence-electron chi connectivity index (χ2n) is 3.93. The average molecular weight is 216 g/mol. The van der Waals surface area contributed by atoms with E-state index in [0.717, 1.165) is 25.0 Å². The van der Waals surface area contributed by atoms with E-state index in [0.29, 0.717) is 6.04 Å². The molecule has 0 aliphatic heterocycles. The van der Waals surface area contributed by atoms with E-state index in [1.807, 2.05) is 11.8 Å². The number of hydrogen-bond donors (Lipinski definition) is 2. The monoisotopic (exact) mass is 216 g/mol. The van der Waals surface area contributed by atoms with Crippen molar-refractivity contribution in [2.24, 2.45) is 0 Å². The molecule has 1 aliphatic carbocycles. The van der Waals surface area contributed by atoms with Crippen LogP contribution < -0.4 is 10.6 Å². The number of urea groups is 1. The maximum atomic E-state index is 11.4. The topological polar surface area (TPSA) is 41.1 Å². The summed E-state index contributed by atoms with van der Waals surface area (Å²) in [5, 5.41) is 5.92. The molecule has 0 heterocycles. The molecular weight excluding hydrogens is 196 g/mol. The van der Waals surface area contributed by atoms with Crippen LogP contribution >= 0.6 is 11.8 Å². The maximum absolute atomic E-state index is 11.4. The first kappa shape index (κ1) is 11.7. The van der Waals surface area contributed by atoms with E-state index in [9.17, 15) is 4.79 Å². The molecular formula is C10H20N2OS. The highest BCUT2D eigenvalue weighted by Crippen LogP contribution is 2.17. The number of hydrogen-bond acceptors (Lipinski definition) is 2.